The first kappa shape index (κ1) is 9.58. The van der Waals surface area contributed by atoms with E-state index in [2.05, 4.69) is 9.97 Å². The zero-order valence-electron chi connectivity index (χ0n) is 8.02. The van der Waals surface area contributed by atoms with Gasteiger partial charge in [0.05, 0.1) is 0 Å². The average molecular weight is 203 g/mol. The summed E-state index contributed by atoms with van der Waals surface area (Å²) in [5, 5.41) is 0. The Morgan fingerprint density at radius 2 is 1.93 bits per heavy atom. The SMILES string of the molecule is Nc1nc(-c2ccccc2)ncc1CF. The van der Waals surface area contributed by atoms with E-state index in [-0.39, 0.29) is 5.82 Å². The normalized spacial score (nSPS) is 10.2. The molecule has 2 aromatic rings. The molecule has 0 bridgehead atoms. The number of rotatable bonds is 2. The second kappa shape index (κ2) is 4.04. The number of nitrogens with two attached hydrogens (primary N) is 1. The highest BCUT2D eigenvalue weighted by Gasteiger charge is 2.04. The van der Waals surface area contributed by atoms with E-state index in [1.54, 1.807) is 0 Å². The molecule has 0 aliphatic carbocycles. The molecule has 0 radical (unpaired) electrons. The van der Waals surface area contributed by atoms with Gasteiger partial charge in [0.2, 0.25) is 0 Å². The van der Waals surface area contributed by atoms with Crippen LogP contribution in [0.5, 0.6) is 0 Å². The van der Waals surface area contributed by atoms with Crippen molar-refractivity contribution in [1.82, 2.24) is 9.97 Å². The van der Waals surface area contributed by atoms with Crippen LogP contribution in [0.15, 0.2) is 36.5 Å². The molecule has 0 unspecified atom stereocenters. The maximum Gasteiger partial charge on any atom is 0.161 e. The molecule has 1 aromatic carbocycles. The van der Waals surface area contributed by atoms with Gasteiger partial charge in [-0.05, 0) is 0 Å². The molecule has 1 aromatic heterocycles. The van der Waals surface area contributed by atoms with Crippen molar-refractivity contribution in [3.8, 4) is 11.4 Å². The second-order valence-corrected chi connectivity index (χ2v) is 3.10. The molecule has 0 aliphatic rings. The first-order chi connectivity index (χ1) is 7.31. The first-order valence-electron chi connectivity index (χ1n) is 4.54. The van der Waals surface area contributed by atoms with Crippen molar-refractivity contribution in [3.63, 3.8) is 0 Å². The van der Waals surface area contributed by atoms with Gasteiger partial charge < -0.3 is 5.73 Å². The van der Waals surface area contributed by atoms with Crippen LogP contribution >= 0.6 is 0 Å². The molecular formula is C11H10FN3. The minimum absolute atomic E-state index is 0.200. The van der Waals surface area contributed by atoms with Crippen molar-refractivity contribution in [2.75, 3.05) is 5.73 Å². The maximum absolute atomic E-state index is 12.4. The molecule has 15 heavy (non-hydrogen) atoms. The van der Waals surface area contributed by atoms with Crippen molar-refractivity contribution >= 4 is 5.82 Å². The largest absolute Gasteiger partial charge is 0.383 e. The van der Waals surface area contributed by atoms with Crippen LogP contribution in [0.4, 0.5) is 10.2 Å². The van der Waals surface area contributed by atoms with Crippen LogP contribution < -0.4 is 5.73 Å². The Morgan fingerprint density at radius 3 is 2.53 bits per heavy atom. The predicted molar refractivity (Wildman–Crippen MR) is 56.7 cm³/mol. The quantitative estimate of drug-likeness (QED) is 0.814. The topological polar surface area (TPSA) is 51.8 Å². The smallest absolute Gasteiger partial charge is 0.161 e. The molecule has 2 N–H and O–H groups in total. The summed E-state index contributed by atoms with van der Waals surface area (Å²) in [6, 6.07) is 9.44. The fourth-order valence-electron chi connectivity index (χ4n) is 1.25. The van der Waals surface area contributed by atoms with Crippen molar-refractivity contribution in [2.24, 2.45) is 0 Å². The van der Waals surface area contributed by atoms with E-state index in [1.807, 2.05) is 30.3 Å². The summed E-state index contributed by atoms with van der Waals surface area (Å²) in [6.07, 6.45) is 1.42. The Balaban J connectivity index is 2.43. The maximum atomic E-state index is 12.4. The highest BCUT2D eigenvalue weighted by Crippen LogP contribution is 2.17. The highest BCUT2D eigenvalue weighted by atomic mass is 19.1. The fraction of sp³-hybridized carbons (Fsp3) is 0.0909. The number of alkyl halides is 1. The van der Waals surface area contributed by atoms with Gasteiger partial charge in [0, 0.05) is 17.3 Å². The zero-order valence-corrected chi connectivity index (χ0v) is 8.02. The van der Waals surface area contributed by atoms with Crippen LogP contribution in [-0.4, -0.2) is 9.97 Å². The van der Waals surface area contributed by atoms with Crippen molar-refractivity contribution in [1.29, 1.82) is 0 Å². The van der Waals surface area contributed by atoms with Crippen LogP contribution in [0.25, 0.3) is 11.4 Å². The Hall–Kier alpha value is -1.97. The minimum Gasteiger partial charge on any atom is -0.383 e. The molecule has 0 fully saturated rings. The Kier molecular flexibility index (Phi) is 2.58. The van der Waals surface area contributed by atoms with E-state index in [0.717, 1.165) is 5.56 Å². The lowest BCUT2D eigenvalue weighted by atomic mass is 10.2. The molecule has 4 heteroatoms. The Labute approximate surface area is 86.8 Å². The molecule has 0 amide bonds. The van der Waals surface area contributed by atoms with Gasteiger partial charge in [-0.2, -0.15) is 0 Å². The average Bonchev–Trinajstić information content (AvgIpc) is 2.30. The van der Waals surface area contributed by atoms with Crippen molar-refractivity contribution < 1.29 is 4.39 Å². The minimum atomic E-state index is -0.638. The fourth-order valence-corrected chi connectivity index (χ4v) is 1.25. The van der Waals surface area contributed by atoms with Gasteiger partial charge in [0.1, 0.15) is 12.5 Å². The Morgan fingerprint density at radius 1 is 1.20 bits per heavy atom. The molecule has 0 spiro atoms. The van der Waals surface area contributed by atoms with Gasteiger partial charge >= 0.3 is 0 Å². The van der Waals surface area contributed by atoms with E-state index in [0.29, 0.717) is 11.4 Å². The standard InChI is InChI=1S/C11H10FN3/c12-6-9-7-14-11(15-10(9)13)8-4-2-1-3-5-8/h1-5,7H,6H2,(H2,13,14,15). The summed E-state index contributed by atoms with van der Waals surface area (Å²) < 4.78 is 12.4. The molecule has 76 valence electrons. The second-order valence-electron chi connectivity index (χ2n) is 3.10. The summed E-state index contributed by atoms with van der Waals surface area (Å²) >= 11 is 0. The summed E-state index contributed by atoms with van der Waals surface area (Å²) in [5.74, 6) is 0.719. The number of nitrogens with zero attached hydrogens (tertiary/aromatic N) is 2. The van der Waals surface area contributed by atoms with Crippen LogP contribution in [0.2, 0.25) is 0 Å². The van der Waals surface area contributed by atoms with Gasteiger partial charge in [-0.1, -0.05) is 30.3 Å². The summed E-state index contributed by atoms with van der Waals surface area (Å²) in [4.78, 5) is 8.09. The third kappa shape index (κ3) is 1.93. The van der Waals surface area contributed by atoms with Gasteiger partial charge in [-0.3, -0.25) is 0 Å². The number of halogens is 1. The van der Waals surface area contributed by atoms with Crippen LogP contribution in [0.3, 0.4) is 0 Å². The van der Waals surface area contributed by atoms with E-state index in [4.69, 9.17) is 5.73 Å². The molecular weight excluding hydrogens is 193 g/mol. The summed E-state index contributed by atoms with van der Waals surface area (Å²) in [5.41, 5.74) is 6.78. The van der Waals surface area contributed by atoms with Crippen LogP contribution in [0, 0.1) is 0 Å². The molecule has 3 nitrogen and oxygen atoms in total. The van der Waals surface area contributed by atoms with Crippen molar-refractivity contribution in [2.45, 2.75) is 6.67 Å². The van der Waals surface area contributed by atoms with Crippen LogP contribution in [0.1, 0.15) is 5.56 Å². The van der Waals surface area contributed by atoms with E-state index in [1.165, 1.54) is 6.20 Å². The number of hydrogen-bond donors (Lipinski definition) is 1. The lowest BCUT2D eigenvalue weighted by Gasteiger charge is -2.03. The first-order valence-corrected chi connectivity index (χ1v) is 4.54. The number of hydrogen-bond acceptors (Lipinski definition) is 3. The van der Waals surface area contributed by atoms with Crippen LogP contribution in [-0.2, 0) is 6.67 Å². The van der Waals surface area contributed by atoms with Gasteiger partial charge in [-0.25, -0.2) is 14.4 Å². The number of aromatic nitrogens is 2. The third-order valence-electron chi connectivity index (χ3n) is 2.07. The highest BCUT2D eigenvalue weighted by molar-refractivity contribution is 5.57. The van der Waals surface area contributed by atoms with Gasteiger partial charge in [-0.15, -0.1) is 0 Å². The monoisotopic (exact) mass is 203 g/mol. The van der Waals surface area contributed by atoms with E-state index >= 15 is 0 Å². The molecule has 0 saturated heterocycles. The predicted octanol–water partition coefficient (Wildman–Crippen LogP) is 2.20. The summed E-state index contributed by atoms with van der Waals surface area (Å²) in [7, 11) is 0. The van der Waals surface area contributed by atoms with Gasteiger partial charge in [0.15, 0.2) is 5.82 Å². The van der Waals surface area contributed by atoms with E-state index in [9.17, 15) is 4.39 Å². The number of nitrogen functional groups attached to an aromatic ring is 1. The lowest BCUT2D eigenvalue weighted by molar-refractivity contribution is 0.484. The molecule has 2 rings (SSSR count). The molecule has 0 saturated carbocycles. The zero-order chi connectivity index (χ0) is 10.7. The van der Waals surface area contributed by atoms with E-state index < -0.39 is 6.67 Å². The Bertz CT molecular complexity index is 457. The molecule has 0 atom stereocenters. The third-order valence-corrected chi connectivity index (χ3v) is 2.07. The molecule has 0 aliphatic heterocycles. The number of benzene rings is 1. The number of anilines is 1. The molecule has 1 heterocycles. The van der Waals surface area contributed by atoms with Crippen molar-refractivity contribution in [3.05, 3.63) is 42.1 Å². The van der Waals surface area contributed by atoms with Gasteiger partial charge in [0.25, 0.3) is 0 Å². The summed E-state index contributed by atoms with van der Waals surface area (Å²) in [6.45, 7) is -0.638. The lowest BCUT2D eigenvalue weighted by Crippen LogP contribution is -2.00.